The molecule has 102 valence electrons. The van der Waals surface area contributed by atoms with E-state index in [1.54, 1.807) is 24.3 Å². The second-order valence-electron chi connectivity index (χ2n) is 3.71. The molecule has 8 heteroatoms. The molecule has 2 amide bonds. The number of sulfonamides is 1. The molecular formula is C11H14N4O3S. The number of carbonyl (C=O) groups excluding carboxylic acids is 1. The average molecular weight is 282 g/mol. The van der Waals surface area contributed by atoms with Gasteiger partial charge in [0.25, 0.3) is 0 Å². The monoisotopic (exact) mass is 282 g/mol. The molecule has 0 aliphatic heterocycles. The first-order chi connectivity index (χ1) is 8.94. The molecule has 0 aliphatic rings. The number of nitrogens with zero attached hydrogens (tertiary/aromatic N) is 1. The maximum Gasteiger partial charge on any atom is 0.312 e. The van der Waals surface area contributed by atoms with Crippen LogP contribution in [0.5, 0.6) is 0 Å². The summed E-state index contributed by atoms with van der Waals surface area (Å²) in [6.07, 6.45) is 0. The third kappa shape index (κ3) is 5.37. The fourth-order valence-electron chi connectivity index (χ4n) is 1.40. The minimum atomic E-state index is -3.56. The Kier molecular flexibility index (Phi) is 5.29. The van der Waals surface area contributed by atoms with Crippen LogP contribution < -0.4 is 15.8 Å². The predicted octanol–water partition coefficient (Wildman–Crippen LogP) is -0.354. The van der Waals surface area contributed by atoms with Gasteiger partial charge in [-0.15, -0.1) is 0 Å². The Morgan fingerprint density at radius 2 is 2.00 bits per heavy atom. The van der Waals surface area contributed by atoms with E-state index < -0.39 is 16.1 Å². The van der Waals surface area contributed by atoms with Crippen molar-refractivity contribution in [1.29, 1.82) is 5.26 Å². The molecule has 19 heavy (non-hydrogen) atoms. The van der Waals surface area contributed by atoms with Gasteiger partial charge in [-0.1, -0.05) is 18.2 Å². The lowest BCUT2D eigenvalue weighted by Gasteiger charge is -2.08. The predicted molar refractivity (Wildman–Crippen MR) is 69.4 cm³/mol. The first kappa shape index (κ1) is 14.9. The number of nitrogens with two attached hydrogens (primary N) is 1. The summed E-state index contributed by atoms with van der Waals surface area (Å²) in [6, 6.07) is 7.69. The number of benzene rings is 1. The lowest BCUT2D eigenvalue weighted by atomic mass is 10.1. The van der Waals surface area contributed by atoms with Crippen LogP contribution in [0.1, 0.15) is 11.1 Å². The molecule has 0 radical (unpaired) electrons. The van der Waals surface area contributed by atoms with E-state index in [0.717, 1.165) is 0 Å². The van der Waals surface area contributed by atoms with Gasteiger partial charge in [-0.25, -0.2) is 17.9 Å². The van der Waals surface area contributed by atoms with Crippen LogP contribution in [0, 0.1) is 11.3 Å². The second kappa shape index (κ2) is 6.72. The fourth-order valence-corrected chi connectivity index (χ4v) is 2.58. The molecule has 0 unspecified atom stereocenters. The summed E-state index contributed by atoms with van der Waals surface area (Å²) in [5, 5.41) is 11.1. The van der Waals surface area contributed by atoms with E-state index in [4.69, 9.17) is 11.0 Å². The maximum absolute atomic E-state index is 11.7. The van der Waals surface area contributed by atoms with Crippen LogP contribution in [-0.2, 0) is 15.8 Å². The van der Waals surface area contributed by atoms with Crippen molar-refractivity contribution >= 4 is 16.1 Å². The van der Waals surface area contributed by atoms with E-state index in [-0.39, 0.29) is 18.8 Å². The van der Waals surface area contributed by atoms with Crippen molar-refractivity contribution in [1.82, 2.24) is 10.0 Å². The summed E-state index contributed by atoms with van der Waals surface area (Å²) in [5.41, 5.74) is 5.59. The number of hydrogen-bond donors (Lipinski definition) is 3. The molecule has 4 N–H and O–H groups in total. The lowest BCUT2D eigenvalue weighted by molar-refractivity contribution is 0.249. The molecule has 0 atom stereocenters. The Bertz CT molecular complexity index is 592. The van der Waals surface area contributed by atoms with Gasteiger partial charge in [0.2, 0.25) is 10.0 Å². The van der Waals surface area contributed by atoms with E-state index in [2.05, 4.69) is 10.0 Å². The molecule has 0 fully saturated rings. The smallest absolute Gasteiger partial charge is 0.312 e. The highest BCUT2D eigenvalue weighted by Crippen LogP contribution is 2.10. The zero-order valence-corrected chi connectivity index (χ0v) is 10.9. The maximum atomic E-state index is 11.7. The van der Waals surface area contributed by atoms with Crippen molar-refractivity contribution in [3.63, 3.8) is 0 Å². The van der Waals surface area contributed by atoms with E-state index >= 15 is 0 Å². The van der Waals surface area contributed by atoms with Crippen molar-refractivity contribution < 1.29 is 13.2 Å². The molecule has 1 rings (SSSR count). The topological polar surface area (TPSA) is 125 Å². The number of amides is 2. The quantitative estimate of drug-likeness (QED) is 0.616. The highest BCUT2D eigenvalue weighted by atomic mass is 32.2. The minimum absolute atomic E-state index is 0.0417. The number of primary amides is 1. The fraction of sp³-hybridized carbons (Fsp3) is 0.273. The number of carbonyl (C=O) groups is 1. The first-order valence-electron chi connectivity index (χ1n) is 5.43. The Hall–Kier alpha value is -2.11. The van der Waals surface area contributed by atoms with E-state index in [0.29, 0.717) is 11.1 Å². The van der Waals surface area contributed by atoms with Gasteiger partial charge in [0, 0.05) is 13.1 Å². The minimum Gasteiger partial charge on any atom is -0.352 e. The van der Waals surface area contributed by atoms with Gasteiger partial charge in [-0.2, -0.15) is 5.26 Å². The van der Waals surface area contributed by atoms with Crippen LogP contribution in [0.3, 0.4) is 0 Å². The third-order valence-corrected chi connectivity index (χ3v) is 3.56. The van der Waals surface area contributed by atoms with Crippen molar-refractivity contribution in [3.05, 3.63) is 35.4 Å². The van der Waals surface area contributed by atoms with Crippen molar-refractivity contribution in [3.8, 4) is 6.07 Å². The zero-order chi connectivity index (χ0) is 14.3. The highest BCUT2D eigenvalue weighted by Gasteiger charge is 2.13. The van der Waals surface area contributed by atoms with Crippen LogP contribution in [0.2, 0.25) is 0 Å². The molecule has 0 bridgehead atoms. The van der Waals surface area contributed by atoms with Gasteiger partial charge < -0.3 is 11.1 Å². The molecule has 0 aromatic heterocycles. The average Bonchev–Trinajstić information content (AvgIpc) is 2.35. The SMILES string of the molecule is N#Cc1ccccc1CS(=O)(=O)NCCNC(N)=O. The molecule has 0 heterocycles. The van der Waals surface area contributed by atoms with Crippen molar-refractivity contribution in [2.75, 3.05) is 13.1 Å². The number of rotatable bonds is 6. The normalized spacial score (nSPS) is 10.7. The highest BCUT2D eigenvalue weighted by molar-refractivity contribution is 7.88. The van der Waals surface area contributed by atoms with Crippen LogP contribution in [0.15, 0.2) is 24.3 Å². The Balaban J connectivity index is 2.60. The van der Waals surface area contributed by atoms with Crippen LogP contribution in [0.4, 0.5) is 4.79 Å². The Labute approximate surface area is 111 Å². The summed E-state index contributed by atoms with van der Waals surface area (Å²) in [5.74, 6) is -0.284. The van der Waals surface area contributed by atoms with Crippen molar-refractivity contribution in [2.24, 2.45) is 5.73 Å². The van der Waals surface area contributed by atoms with Crippen molar-refractivity contribution in [2.45, 2.75) is 5.75 Å². The lowest BCUT2D eigenvalue weighted by Crippen LogP contribution is -2.37. The summed E-state index contributed by atoms with van der Waals surface area (Å²) < 4.78 is 25.8. The standard InChI is InChI=1S/C11H14N4O3S/c12-7-9-3-1-2-4-10(9)8-19(17,18)15-6-5-14-11(13)16/h1-4,15H,5-6,8H2,(H3,13,14,16). The van der Waals surface area contributed by atoms with E-state index in [1.807, 2.05) is 6.07 Å². The van der Waals surface area contributed by atoms with Gasteiger partial charge in [0.1, 0.15) is 0 Å². The molecule has 7 nitrogen and oxygen atoms in total. The zero-order valence-electron chi connectivity index (χ0n) is 10.1. The second-order valence-corrected chi connectivity index (χ2v) is 5.52. The number of hydrogen-bond acceptors (Lipinski definition) is 4. The van der Waals surface area contributed by atoms with Gasteiger partial charge in [0.05, 0.1) is 17.4 Å². The number of urea groups is 1. The molecule has 1 aromatic carbocycles. The molecule has 0 saturated heterocycles. The van der Waals surface area contributed by atoms with Gasteiger partial charge in [-0.05, 0) is 11.6 Å². The molecule has 0 spiro atoms. The molecule has 1 aromatic rings. The Morgan fingerprint density at radius 1 is 1.32 bits per heavy atom. The molecule has 0 saturated carbocycles. The van der Waals surface area contributed by atoms with E-state index in [1.165, 1.54) is 0 Å². The molecule has 0 aliphatic carbocycles. The number of nitrogens with one attached hydrogen (secondary N) is 2. The summed E-state index contributed by atoms with van der Waals surface area (Å²) >= 11 is 0. The van der Waals surface area contributed by atoms with Gasteiger partial charge >= 0.3 is 6.03 Å². The van der Waals surface area contributed by atoms with Gasteiger partial charge in [0.15, 0.2) is 0 Å². The summed E-state index contributed by atoms with van der Waals surface area (Å²) in [6.45, 7) is 0.147. The summed E-state index contributed by atoms with van der Waals surface area (Å²) in [4.78, 5) is 10.4. The Morgan fingerprint density at radius 3 is 2.63 bits per heavy atom. The summed E-state index contributed by atoms with van der Waals surface area (Å²) in [7, 11) is -3.56. The third-order valence-electron chi connectivity index (χ3n) is 2.23. The van der Waals surface area contributed by atoms with Crippen LogP contribution in [0.25, 0.3) is 0 Å². The van der Waals surface area contributed by atoms with Crippen LogP contribution >= 0.6 is 0 Å². The van der Waals surface area contributed by atoms with Gasteiger partial charge in [-0.3, -0.25) is 0 Å². The first-order valence-corrected chi connectivity index (χ1v) is 7.08. The van der Waals surface area contributed by atoms with Crippen LogP contribution in [-0.4, -0.2) is 27.5 Å². The van der Waals surface area contributed by atoms with E-state index in [9.17, 15) is 13.2 Å². The molecular weight excluding hydrogens is 268 g/mol. The largest absolute Gasteiger partial charge is 0.352 e. The number of nitriles is 1.